The van der Waals surface area contributed by atoms with Crippen molar-refractivity contribution in [2.45, 2.75) is 26.1 Å². The van der Waals surface area contributed by atoms with Gasteiger partial charge >= 0.3 is 0 Å². The van der Waals surface area contributed by atoms with E-state index in [1.165, 1.54) is 0 Å². The van der Waals surface area contributed by atoms with E-state index >= 15 is 0 Å². The zero-order valence-corrected chi connectivity index (χ0v) is 50.1. The van der Waals surface area contributed by atoms with E-state index < -0.39 is 0 Å². The number of benzene rings is 3. The topological polar surface area (TPSA) is 170 Å². The first kappa shape index (κ1) is 63.5. The van der Waals surface area contributed by atoms with E-state index in [-0.39, 0.29) is 12.2 Å². The van der Waals surface area contributed by atoms with Crippen LogP contribution in [0.15, 0.2) is 182 Å². The van der Waals surface area contributed by atoms with Gasteiger partial charge in [-0.2, -0.15) is 0 Å². The van der Waals surface area contributed by atoms with E-state index in [0.29, 0.717) is 127 Å². The van der Waals surface area contributed by atoms with E-state index in [1.54, 1.807) is 26.6 Å². The molecule has 16 nitrogen and oxygen atoms in total. The summed E-state index contributed by atoms with van der Waals surface area (Å²) < 4.78 is 56.0. The first-order valence-corrected chi connectivity index (χ1v) is 29.3. The third kappa shape index (κ3) is 20.6. The Hall–Kier alpha value is -9.04. The Morgan fingerprint density at radius 1 is 0.318 bits per heavy atom. The first-order valence-electron chi connectivity index (χ1n) is 29.3. The Labute approximate surface area is 515 Å². The molecule has 0 unspecified atom stereocenters. The first-order chi connectivity index (χ1) is 43.3. The quantitative estimate of drug-likeness (QED) is 0.0288. The normalized spacial score (nSPS) is 11.7. The van der Waals surface area contributed by atoms with Crippen molar-refractivity contribution >= 4 is 0 Å². The molecule has 0 aliphatic heterocycles. The van der Waals surface area contributed by atoms with Crippen molar-refractivity contribution in [3.05, 3.63) is 205 Å². The van der Waals surface area contributed by atoms with Gasteiger partial charge in [-0.05, 0) is 139 Å². The Morgan fingerprint density at radius 2 is 0.682 bits per heavy atom. The molecule has 0 aliphatic rings. The second-order valence-electron chi connectivity index (χ2n) is 20.1. The van der Waals surface area contributed by atoms with E-state index in [1.807, 2.05) is 159 Å². The number of hydrogen-bond acceptors (Lipinski definition) is 16. The van der Waals surface area contributed by atoms with Crippen LogP contribution in [-0.4, -0.2) is 149 Å². The van der Waals surface area contributed by atoms with Crippen LogP contribution in [0.3, 0.4) is 0 Å². The van der Waals surface area contributed by atoms with Crippen LogP contribution < -0.4 is 9.47 Å². The fraction of sp³-hybridized carbons (Fsp3) is 0.278. The SMILES string of the molecule is COCCOCCOCCO[C@@H](C)COc1cccc(-c2cc(-c3ccc(C#Cc4cccc(C#Cc5ccc(-c6cc(-c7ccccn7)nc(-c7cccc(OC[C@H](C)OCCOCCOCCOC)n7)c6)cc5)c4)cc3)cc(-c3ccccn3)n2)n1. The van der Waals surface area contributed by atoms with Crippen LogP contribution in [0.2, 0.25) is 0 Å². The molecule has 0 aliphatic carbocycles. The number of methoxy groups -OCH3 is 2. The highest BCUT2D eigenvalue weighted by atomic mass is 16.6. The molecular weight excluding hydrogens is 1110 g/mol. The minimum atomic E-state index is -0.177. The van der Waals surface area contributed by atoms with Crippen molar-refractivity contribution in [1.82, 2.24) is 29.9 Å². The van der Waals surface area contributed by atoms with Gasteiger partial charge in [-0.1, -0.05) is 78.3 Å². The Morgan fingerprint density at radius 3 is 1.08 bits per heavy atom. The van der Waals surface area contributed by atoms with Gasteiger partial charge in [0.2, 0.25) is 11.8 Å². The van der Waals surface area contributed by atoms with Crippen LogP contribution in [0.4, 0.5) is 0 Å². The Balaban J connectivity index is 0.822. The molecule has 2 atom stereocenters. The van der Waals surface area contributed by atoms with Gasteiger partial charge in [0.15, 0.2) is 0 Å². The third-order valence-electron chi connectivity index (χ3n) is 13.3. The highest BCUT2D eigenvalue weighted by Gasteiger charge is 2.15. The van der Waals surface area contributed by atoms with Crippen molar-refractivity contribution in [3.63, 3.8) is 0 Å². The van der Waals surface area contributed by atoms with Gasteiger partial charge in [0, 0.05) is 61.0 Å². The lowest BCUT2D eigenvalue weighted by Gasteiger charge is -2.15. The second kappa shape index (κ2) is 34.9. The maximum absolute atomic E-state index is 6.08. The molecule has 0 N–H and O–H groups in total. The predicted molar refractivity (Wildman–Crippen MR) is 340 cm³/mol. The zero-order chi connectivity index (χ0) is 60.8. The molecule has 6 aromatic heterocycles. The van der Waals surface area contributed by atoms with Crippen molar-refractivity contribution in [2.75, 3.05) is 107 Å². The molecular formula is C72H72N6O10. The van der Waals surface area contributed by atoms with E-state index in [0.717, 1.165) is 67.3 Å². The predicted octanol–water partition coefficient (Wildman–Crippen LogP) is 11.8. The number of aromatic nitrogens is 6. The lowest BCUT2D eigenvalue weighted by atomic mass is 10.0. The van der Waals surface area contributed by atoms with Crippen LogP contribution in [0, 0.1) is 23.7 Å². The molecule has 0 saturated heterocycles. The van der Waals surface area contributed by atoms with Crippen LogP contribution in [-0.2, 0) is 37.9 Å². The molecule has 3 aromatic carbocycles. The van der Waals surface area contributed by atoms with E-state index in [4.69, 9.17) is 67.3 Å². The largest absolute Gasteiger partial charge is 0.475 e. The van der Waals surface area contributed by atoms with Crippen molar-refractivity contribution in [3.8, 4) is 103 Å². The molecule has 0 bridgehead atoms. The number of nitrogens with zero attached hydrogens (tertiary/aromatic N) is 6. The number of rotatable bonds is 32. The maximum atomic E-state index is 6.08. The molecule has 9 rings (SSSR count). The molecule has 9 aromatic rings. The number of pyridine rings is 6. The third-order valence-corrected chi connectivity index (χ3v) is 13.3. The van der Waals surface area contributed by atoms with Crippen LogP contribution in [0.1, 0.15) is 36.1 Å². The number of hydrogen-bond donors (Lipinski definition) is 0. The molecule has 0 spiro atoms. The minimum Gasteiger partial charge on any atom is -0.475 e. The van der Waals surface area contributed by atoms with Crippen molar-refractivity contribution in [1.29, 1.82) is 0 Å². The molecule has 0 amide bonds. The van der Waals surface area contributed by atoms with Gasteiger partial charge in [-0.3, -0.25) is 9.97 Å². The van der Waals surface area contributed by atoms with Crippen LogP contribution >= 0.6 is 0 Å². The monoisotopic (exact) mass is 1180 g/mol. The van der Waals surface area contributed by atoms with Gasteiger partial charge in [-0.15, -0.1) is 0 Å². The van der Waals surface area contributed by atoms with Gasteiger partial charge in [0.25, 0.3) is 0 Å². The van der Waals surface area contributed by atoms with Crippen molar-refractivity contribution in [2.24, 2.45) is 0 Å². The van der Waals surface area contributed by atoms with E-state index in [2.05, 4.69) is 57.9 Å². The molecule has 450 valence electrons. The molecule has 6 heterocycles. The molecule has 88 heavy (non-hydrogen) atoms. The average Bonchev–Trinajstić information content (AvgIpc) is 1.50. The summed E-state index contributed by atoms with van der Waals surface area (Å²) >= 11 is 0. The Bertz CT molecular complexity index is 3470. The van der Waals surface area contributed by atoms with Crippen LogP contribution in [0.5, 0.6) is 11.8 Å². The van der Waals surface area contributed by atoms with Crippen molar-refractivity contribution < 1.29 is 47.4 Å². The second-order valence-corrected chi connectivity index (χ2v) is 20.1. The summed E-state index contributed by atoms with van der Waals surface area (Å²) in [6, 6.07) is 55.4. The van der Waals surface area contributed by atoms with E-state index in [9.17, 15) is 0 Å². The highest BCUT2D eigenvalue weighted by molar-refractivity contribution is 5.77. The van der Waals surface area contributed by atoms with Crippen LogP contribution in [0.25, 0.3) is 67.8 Å². The lowest BCUT2D eigenvalue weighted by Crippen LogP contribution is -2.21. The lowest BCUT2D eigenvalue weighted by molar-refractivity contribution is -0.0224. The fourth-order valence-electron chi connectivity index (χ4n) is 8.73. The molecule has 16 heteroatoms. The molecule has 0 saturated carbocycles. The summed E-state index contributed by atoms with van der Waals surface area (Å²) in [4.78, 5) is 28.9. The molecule has 0 fully saturated rings. The van der Waals surface area contributed by atoms with Gasteiger partial charge < -0.3 is 47.4 Å². The summed E-state index contributed by atoms with van der Waals surface area (Å²) in [6.45, 7) is 10.6. The highest BCUT2D eigenvalue weighted by Crippen LogP contribution is 2.32. The molecule has 0 radical (unpaired) electrons. The summed E-state index contributed by atoms with van der Waals surface area (Å²) in [5, 5.41) is 0. The Kier molecular flexibility index (Phi) is 25.2. The maximum Gasteiger partial charge on any atom is 0.213 e. The standard InChI is InChI=1S/C72H72N6O10/c1-53(85-44-42-83-40-38-81-36-34-79-3)51-87-71-18-10-16-65(77-71)69-49-61(47-67(75-69)63-14-5-7-32-73-63)59-28-24-55(25-29-59)20-22-57-12-9-13-58(46-57)23-21-56-26-30-60(31-27-56)62-48-68(64-15-6-8-33-74-64)76-70(50-62)66-17-11-19-72(78-66)88-52-54(2)86-45-43-84-41-39-82-37-35-80-4/h5-19,24-33,46-50,53-54H,34-45,51-52H2,1-4H3/t53-,54-/m0/s1. The fourth-order valence-corrected chi connectivity index (χ4v) is 8.73. The summed E-state index contributed by atoms with van der Waals surface area (Å²) in [5.41, 5.74) is 13.0. The summed E-state index contributed by atoms with van der Waals surface area (Å²) in [7, 11) is 3.29. The minimum absolute atomic E-state index is 0.177. The average molecular weight is 1180 g/mol. The number of ether oxygens (including phenoxy) is 10. The summed E-state index contributed by atoms with van der Waals surface area (Å²) in [5.74, 6) is 14.3. The zero-order valence-electron chi connectivity index (χ0n) is 50.1. The van der Waals surface area contributed by atoms with Gasteiger partial charge in [-0.25, -0.2) is 19.9 Å². The smallest absolute Gasteiger partial charge is 0.213 e. The van der Waals surface area contributed by atoms with Gasteiger partial charge in [0.05, 0.1) is 137 Å². The van der Waals surface area contributed by atoms with Gasteiger partial charge in [0.1, 0.15) is 13.2 Å². The summed E-state index contributed by atoms with van der Waals surface area (Å²) in [6.07, 6.45) is 3.17.